The topological polar surface area (TPSA) is 87.7 Å². The number of carbonyl (C=O) groups excluding carboxylic acids is 1. The standard InChI is InChI=1S/C13H16N2O4/c1-19-8-6-11(14-7-8)12(16)15-10-5-3-2-4-9(10)13(17)18/h2-5,8,11,14H,6-7H2,1H3,(H,15,16)(H,17,18). The van der Waals surface area contributed by atoms with Gasteiger partial charge in [-0.2, -0.15) is 0 Å². The first-order valence-electron chi connectivity index (χ1n) is 6.01. The van der Waals surface area contributed by atoms with Crippen molar-refractivity contribution in [2.24, 2.45) is 0 Å². The third-order valence-electron chi connectivity index (χ3n) is 3.16. The number of benzene rings is 1. The summed E-state index contributed by atoms with van der Waals surface area (Å²) in [5.41, 5.74) is 0.389. The zero-order chi connectivity index (χ0) is 13.8. The van der Waals surface area contributed by atoms with Crippen LogP contribution < -0.4 is 10.6 Å². The Hall–Kier alpha value is -1.92. The van der Waals surface area contributed by atoms with Crippen LogP contribution in [0.25, 0.3) is 0 Å². The van der Waals surface area contributed by atoms with E-state index >= 15 is 0 Å². The van der Waals surface area contributed by atoms with Crippen LogP contribution >= 0.6 is 0 Å². The van der Waals surface area contributed by atoms with E-state index in [4.69, 9.17) is 9.84 Å². The number of amides is 1. The van der Waals surface area contributed by atoms with Gasteiger partial charge in [-0.05, 0) is 18.6 Å². The summed E-state index contributed by atoms with van der Waals surface area (Å²) >= 11 is 0. The predicted molar refractivity (Wildman–Crippen MR) is 69.2 cm³/mol. The molecule has 1 aromatic carbocycles. The van der Waals surface area contributed by atoms with E-state index in [-0.39, 0.29) is 23.6 Å². The number of para-hydroxylation sites is 1. The first kappa shape index (κ1) is 13.5. The summed E-state index contributed by atoms with van der Waals surface area (Å²) in [7, 11) is 1.60. The molecule has 2 rings (SSSR count). The maximum atomic E-state index is 12.0. The molecule has 3 N–H and O–H groups in total. The van der Waals surface area contributed by atoms with E-state index in [1.54, 1.807) is 25.3 Å². The maximum absolute atomic E-state index is 12.0. The molecule has 2 atom stereocenters. The lowest BCUT2D eigenvalue weighted by molar-refractivity contribution is -0.118. The van der Waals surface area contributed by atoms with E-state index in [0.29, 0.717) is 18.7 Å². The molecule has 1 aliphatic heterocycles. The van der Waals surface area contributed by atoms with Crippen molar-refractivity contribution in [1.82, 2.24) is 5.32 Å². The number of carboxylic acids is 1. The lowest BCUT2D eigenvalue weighted by Gasteiger charge is -2.12. The lowest BCUT2D eigenvalue weighted by atomic mass is 10.1. The molecule has 0 aliphatic carbocycles. The van der Waals surface area contributed by atoms with Crippen LogP contribution in [0.4, 0.5) is 5.69 Å². The third-order valence-corrected chi connectivity index (χ3v) is 3.16. The van der Waals surface area contributed by atoms with Crippen LogP contribution in [-0.4, -0.2) is 42.8 Å². The normalized spacial score (nSPS) is 22.2. The summed E-state index contributed by atoms with van der Waals surface area (Å²) in [6.07, 6.45) is 0.600. The molecule has 0 bridgehead atoms. The number of nitrogens with one attached hydrogen (secondary N) is 2. The lowest BCUT2D eigenvalue weighted by Crippen LogP contribution is -2.35. The van der Waals surface area contributed by atoms with Crippen molar-refractivity contribution in [2.45, 2.75) is 18.6 Å². The van der Waals surface area contributed by atoms with Crippen LogP contribution in [0, 0.1) is 0 Å². The number of aromatic carboxylic acids is 1. The maximum Gasteiger partial charge on any atom is 0.337 e. The second kappa shape index (κ2) is 5.81. The minimum absolute atomic E-state index is 0.0190. The van der Waals surface area contributed by atoms with E-state index in [1.807, 2.05) is 0 Å². The molecule has 6 nitrogen and oxygen atoms in total. The Kier molecular flexibility index (Phi) is 4.13. The predicted octanol–water partition coefficient (Wildman–Crippen LogP) is 0.700. The minimum atomic E-state index is -1.06. The molecule has 1 amide bonds. The molecule has 1 saturated heterocycles. The summed E-state index contributed by atoms with van der Waals surface area (Å²) < 4.78 is 5.17. The zero-order valence-corrected chi connectivity index (χ0v) is 10.6. The summed E-state index contributed by atoms with van der Waals surface area (Å²) in [4.78, 5) is 23.1. The fourth-order valence-corrected chi connectivity index (χ4v) is 2.08. The second-order valence-corrected chi connectivity index (χ2v) is 4.39. The molecule has 0 spiro atoms. The highest BCUT2D eigenvalue weighted by Gasteiger charge is 2.29. The van der Waals surface area contributed by atoms with Crippen LogP contribution in [0.5, 0.6) is 0 Å². The minimum Gasteiger partial charge on any atom is -0.478 e. The van der Waals surface area contributed by atoms with E-state index in [9.17, 15) is 9.59 Å². The molecule has 0 aromatic heterocycles. The van der Waals surface area contributed by atoms with Crippen LogP contribution in [0.3, 0.4) is 0 Å². The van der Waals surface area contributed by atoms with Gasteiger partial charge in [0.2, 0.25) is 5.91 Å². The number of ether oxygens (including phenoxy) is 1. The Labute approximate surface area is 110 Å². The molecular formula is C13H16N2O4. The molecule has 6 heteroatoms. The molecule has 1 aromatic rings. The Morgan fingerprint density at radius 2 is 2.16 bits per heavy atom. The van der Waals surface area contributed by atoms with Crippen LogP contribution in [-0.2, 0) is 9.53 Å². The van der Waals surface area contributed by atoms with Crippen molar-refractivity contribution in [3.8, 4) is 0 Å². The fraction of sp³-hybridized carbons (Fsp3) is 0.385. The highest BCUT2D eigenvalue weighted by atomic mass is 16.5. The van der Waals surface area contributed by atoms with Gasteiger partial charge < -0.3 is 20.5 Å². The van der Waals surface area contributed by atoms with Gasteiger partial charge in [-0.15, -0.1) is 0 Å². The number of anilines is 1. The molecule has 102 valence electrons. The summed E-state index contributed by atoms with van der Waals surface area (Å²) in [5.74, 6) is -1.31. The highest BCUT2D eigenvalue weighted by Crippen LogP contribution is 2.17. The van der Waals surface area contributed by atoms with Gasteiger partial charge in [-0.1, -0.05) is 12.1 Å². The van der Waals surface area contributed by atoms with Crippen molar-refractivity contribution in [3.05, 3.63) is 29.8 Å². The quantitative estimate of drug-likeness (QED) is 0.745. The number of hydrogen-bond acceptors (Lipinski definition) is 4. The number of carbonyl (C=O) groups is 2. The number of methoxy groups -OCH3 is 1. The first-order valence-corrected chi connectivity index (χ1v) is 6.01. The largest absolute Gasteiger partial charge is 0.478 e. The van der Waals surface area contributed by atoms with Crippen molar-refractivity contribution >= 4 is 17.6 Å². The molecule has 1 fully saturated rings. The summed E-state index contributed by atoms with van der Waals surface area (Å²) in [6, 6.07) is 5.98. The van der Waals surface area contributed by atoms with Gasteiger partial charge in [0.25, 0.3) is 0 Å². The molecule has 19 heavy (non-hydrogen) atoms. The van der Waals surface area contributed by atoms with Gasteiger partial charge in [-0.3, -0.25) is 4.79 Å². The Balaban J connectivity index is 2.05. The van der Waals surface area contributed by atoms with Crippen LogP contribution in [0.1, 0.15) is 16.8 Å². The zero-order valence-electron chi connectivity index (χ0n) is 10.6. The van der Waals surface area contributed by atoms with E-state index in [0.717, 1.165) is 0 Å². The van der Waals surface area contributed by atoms with Gasteiger partial charge in [0.15, 0.2) is 0 Å². The van der Waals surface area contributed by atoms with Gasteiger partial charge >= 0.3 is 5.97 Å². The fourth-order valence-electron chi connectivity index (χ4n) is 2.08. The van der Waals surface area contributed by atoms with E-state index in [2.05, 4.69) is 10.6 Å². The first-order chi connectivity index (χ1) is 9.11. The van der Waals surface area contributed by atoms with Gasteiger partial charge in [0, 0.05) is 13.7 Å². The van der Waals surface area contributed by atoms with Crippen molar-refractivity contribution in [2.75, 3.05) is 19.0 Å². The van der Waals surface area contributed by atoms with Gasteiger partial charge in [0.1, 0.15) is 0 Å². The van der Waals surface area contributed by atoms with Gasteiger partial charge in [0.05, 0.1) is 23.4 Å². The molecule has 2 unspecified atom stereocenters. The molecule has 0 saturated carbocycles. The summed E-state index contributed by atoms with van der Waals surface area (Å²) in [5, 5.41) is 14.7. The molecular weight excluding hydrogens is 248 g/mol. The average molecular weight is 264 g/mol. The van der Waals surface area contributed by atoms with Gasteiger partial charge in [-0.25, -0.2) is 4.79 Å². The second-order valence-electron chi connectivity index (χ2n) is 4.39. The molecule has 1 aliphatic rings. The Morgan fingerprint density at radius 3 is 2.79 bits per heavy atom. The van der Waals surface area contributed by atoms with Crippen molar-refractivity contribution < 1.29 is 19.4 Å². The van der Waals surface area contributed by atoms with Crippen molar-refractivity contribution in [3.63, 3.8) is 0 Å². The number of hydrogen-bond donors (Lipinski definition) is 3. The highest BCUT2D eigenvalue weighted by molar-refractivity contribution is 6.02. The van der Waals surface area contributed by atoms with Crippen molar-refractivity contribution in [1.29, 1.82) is 0 Å². The van der Waals surface area contributed by atoms with Crippen LogP contribution in [0.15, 0.2) is 24.3 Å². The smallest absolute Gasteiger partial charge is 0.337 e. The molecule has 1 heterocycles. The third kappa shape index (κ3) is 3.10. The Morgan fingerprint density at radius 1 is 1.42 bits per heavy atom. The van der Waals surface area contributed by atoms with E-state index in [1.165, 1.54) is 6.07 Å². The summed E-state index contributed by atoms with van der Waals surface area (Å²) in [6.45, 7) is 0.620. The average Bonchev–Trinajstić information content (AvgIpc) is 2.88. The Bertz CT molecular complexity index is 489. The number of carboxylic acid groups (broad SMARTS) is 1. The SMILES string of the molecule is COC1CNC(C(=O)Nc2ccccc2C(=O)O)C1. The molecule has 0 radical (unpaired) electrons. The van der Waals surface area contributed by atoms with Crippen LogP contribution in [0.2, 0.25) is 0 Å². The monoisotopic (exact) mass is 264 g/mol. The number of rotatable bonds is 4. The van der Waals surface area contributed by atoms with E-state index < -0.39 is 5.97 Å².